The summed E-state index contributed by atoms with van der Waals surface area (Å²) in [5.74, 6) is 1.10. The normalized spacial score (nSPS) is 12.0. The first-order valence-corrected chi connectivity index (χ1v) is 7.09. The third-order valence-corrected chi connectivity index (χ3v) is 3.14. The van der Waals surface area contributed by atoms with E-state index in [2.05, 4.69) is 15.6 Å². The van der Waals surface area contributed by atoms with Crippen molar-refractivity contribution in [2.75, 3.05) is 11.9 Å². The van der Waals surface area contributed by atoms with Crippen LogP contribution >= 0.6 is 0 Å². The van der Waals surface area contributed by atoms with Gasteiger partial charge in [0.25, 0.3) is 5.91 Å². The van der Waals surface area contributed by atoms with Crippen molar-refractivity contribution in [3.8, 4) is 0 Å². The Bertz CT molecular complexity index is 634. The zero-order valence-corrected chi connectivity index (χ0v) is 12.9. The standard InChI is InChI=1S/C16H21N3O2/c1-5-17-14-7-6-10(2)8-13(14)15(20)19-12(4)16-18-9-11(3)21-16/h6-9,12,17H,5H2,1-4H3,(H,19,20). The van der Waals surface area contributed by atoms with E-state index in [0.29, 0.717) is 11.5 Å². The third kappa shape index (κ3) is 3.62. The van der Waals surface area contributed by atoms with Crippen molar-refractivity contribution < 1.29 is 9.21 Å². The Hall–Kier alpha value is -2.30. The lowest BCUT2D eigenvalue weighted by Gasteiger charge is -2.14. The molecule has 0 saturated heterocycles. The second-order valence-electron chi connectivity index (χ2n) is 5.08. The number of amides is 1. The summed E-state index contributed by atoms with van der Waals surface area (Å²) in [6.45, 7) is 8.41. The fourth-order valence-electron chi connectivity index (χ4n) is 2.10. The molecule has 1 atom stereocenters. The lowest BCUT2D eigenvalue weighted by molar-refractivity contribution is 0.0934. The van der Waals surface area contributed by atoms with Gasteiger partial charge in [0.1, 0.15) is 11.8 Å². The lowest BCUT2D eigenvalue weighted by Crippen LogP contribution is -2.27. The van der Waals surface area contributed by atoms with E-state index in [1.165, 1.54) is 0 Å². The fourth-order valence-corrected chi connectivity index (χ4v) is 2.10. The maximum atomic E-state index is 12.5. The van der Waals surface area contributed by atoms with E-state index in [-0.39, 0.29) is 11.9 Å². The van der Waals surface area contributed by atoms with Gasteiger partial charge in [-0.2, -0.15) is 0 Å². The van der Waals surface area contributed by atoms with Crippen LogP contribution in [0.1, 0.15) is 47.5 Å². The number of anilines is 1. The second kappa shape index (κ2) is 6.43. The molecule has 1 unspecified atom stereocenters. The third-order valence-electron chi connectivity index (χ3n) is 3.14. The topological polar surface area (TPSA) is 67.2 Å². The Balaban J connectivity index is 2.18. The first kappa shape index (κ1) is 15.1. The molecule has 1 heterocycles. The number of carbonyl (C=O) groups excluding carboxylic acids is 1. The Morgan fingerprint density at radius 2 is 2.14 bits per heavy atom. The molecule has 5 heteroatoms. The van der Waals surface area contributed by atoms with E-state index in [1.807, 2.05) is 45.9 Å². The molecule has 0 aliphatic rings. The first-order valence-electron chi connectivity index (χ1n) is 7.09. The highest BCUT2D eigenvalue weighted by atomic mass is 16.4. The van der Waals surface area contributed by atoms with Gasteiger partial charge in [0, 0.05) is 12.2 Å². The van der Waals surface area contributed by atoms with Crippen LogP contribution in [0.25, 0.3) is 0 Å². The molecule has 0 fully saturated rings. The van der Waals surface area contributed by atoms with Gasteiger partial charge in [-0.3, -0.25) is 4.79 Å². The Morgan fingerprint density at radius 3 is 2.76 bits per heavy atom. The fraction of sp³-hybridized carbons (Fsp3) is 0.375. The predicted octanol–water partition coefficient (Wildman–Crippen LogP) is 3.21. The van der Waals surface area contributed by atoms with Crippen molar-refractivity contribution >= 4 is 11.6 Å². The highest BCUT2D eigenvalue weighted by molar-refractivity contribution is 6.00. The van der Waals surface area contributed by atoms with Crippen molar-refractivity contribution in [3.63, 3.8) is 0 Å². The quantitative estimate of drug-likeness (QED) is 0.886. The van der Waals surface area contributed by atoms with Crippen LogP contribution < -0.4 is 10.6 Å². The minimum absolute atomic E-state index is 0.141. The molecule has 0 aliphatic carbocycles. The van der Waals surface area contributed by atoms with E-state index in [4.69, 9.17) is 4.42 Å². The average Bonchev–Trinajstić information content (AvgIpc) is 2.87. The largest absolute Gasteiger partial charge is 0.444 e. The Morgan fingerprint density at radius 1 is 1.38 bits per heavy atom. The molecule has 2 aromatic rings. The number of carbonyl (C=O) groups is 1. The highest BCUT2D eigenvalue weighted by Crippen LogP contribution is 2.19. The summed E-state index contributed by atoms with van der Waals surface area (Å²) in [4.78, 5) is 16.6. The number of benzene rings is 1. The number of aryl methyl sites for hydroxylation is 2. The molecule has 1 aromatic carbocycles. The van der Waals surface area contributed by atoms with Gasteiger partial charge in [0.05, 0.1) is 11.8 Å². The SMILES string of the molecule is CCNc1ccc(C)cc1C(=O)NC(C)c1ncc(C)o1. The lowest BCUT2D eigenvalue weighted by atomic mass is 10.1. The number of aromatic nitrogens is 1. The van der Waals surface area contributed by atoms with Crippen LogP contribution in [-0.4, -0.2) is 17.4 Å². The molecule has 21 heavy (non-hydrogen) atoms. The molecule has 2 N–H and O–H groups in total. The summed E-state index contributed by atoms with van der Waals surface area (Å²) in [5.41, 5.74) is 2.50. The molecule has 0 radical (unpaired) electrons. The number of nitrogens with zero attached hydrogens (tertiary/aromatic N) is 1. The summed E-state index contributed by atoms with van der Waals surface area (Å²) in [5, 5.41) is 6.12. The Kier molecular flexibility index (Phi) is 4.62. The van der Waals surface area contributed by atoms with Crippen LogP contribution in [0.5, 0.6) is 0 Å². The van der Waals surface area contributed by atoms with Crippen LogP contribution in [0.3, 0.4) is 0 Å². The second-order valence-corrected chi connectivity index (χ2v) is 5.08. The van der Waals surface area contributed by atoms with Crippen molar-refractivity contribution in [2.24, 2.45) is 0 Å². The van der Waals surface area contributed by atoms with E-state index >= 15 is 0 Å². The zero-order chi connectivity index (χ0) is 15.4. The van der Waals surface area contributed by atoms with Gasteiger partial charge in [0.15, 0.2) is 0 Å². The molecule has 0 spiro atoms. The molecule has 0 saturated carbocycles. The molecular weight excluding hydrogens is 266 g/mol. The minimum atomic E-state index is -0.277. The molecule has 0 bridgehead atoms. The molecule has 0 aliphatic heterocycles. The summed E-state index contributed by atoms with van der Waals surface area (Å²) < 4.78 is 5.44. The number of hydrogen-bond donors (Lipinski definition) is 2. The number of rotatable bonds is 5. The smallest absolute Gasteiger partial charge is 0.254 e. The van der Waals surface area contributed by atoms with Crippen LogP contribution in [0, 0.1) is 13.8 Å². The van der Waals surface area contributed by atoms with Gasteiger partial charge in [-0.05, 0) is 39.8 Å². The van der Waals surface area contributed by atoms with Crippen LogP contribution in [-0.2, 0) is 0 Å². The summed E-state index contributed by atoms with van der Waals surface area (Å²) in [6.07, 6.45) is 1.65. The summed E-state index contributed by atoms with van der Waals surface area (Å²) >= 11 is 0. The Labute approximate surface area is 124 Å². The predicted molar refractivity (Wildman–Crippen MR) is 82.5 cm³/mol. The molecule has 1 amide bonds. The van der Waals surface area contributed by atoms with Crippen molar-refractivity contribution in [1.29, 1.82) is 0 Å². The van der Waals surface area contributed by atoms with Gasteiger partial charge in [-0.15, -0.1) is 0 Å². The maximum absolute atomic E-state index is 12.5. The minimum Gasteiger partial charge on any atom is -0.444 e. The number of nitrogens with one attached hydrogen (secondary N) is 2. The van der Waals surface area contributed by atoms with E-state index in [0.717, 1.165) is 23.6 Å². The van der Waals surface area contributed by atoms with E-state index < -0.39 is 0 Å². The van der Waals surface area contributed by atoms with Gasteiger partial charge < -0.3 is 15.1 Å². The maximum Gasteiger partial charge on any atom is 0.254 e. The van der Waals surface area contributed by atoms with Gasteiger partial charge >= 0.3 is 0 Å². The number of hydrogen-bond acceptors (Lipinski definition) is 4. The van der Waals surface area contributed by atoms with Crippen LogP contribution in [0.2, 0.25) is 0 Å². The molecule has 2 rings (SSSR count). The van der Waals surface area contributed by atoms with Gasteiger partial charge in [0.2, 0.25) is 5.89 Å². The van der Waals surface area contributed by atoms with Crippen molar-refractivity contribution in [1.82, 2.24) is 10.3 Å². The molecule has 1 aromatic heterocycles. The monoisotopic (exact) mass is 287 g/mol. The van der Waals surface area contributed by atoms with Gasteiger partial charge in [-0.1, -0.05) is 11.6 Å². The molecular formula is C16H21N3O2. The highest BCUT2D eigenvalue weighted by Gasteiger charge is 2.17. The average molecular weight is 287 g/mol. The van der Waals surface area contributed by atoms with Crippen LogP contribution in [0.15, 0.2) is 28.8 Å². The van der Waals surface area contributed by atoms with Crippen LogP contribution in [0.4, 0.5) is 5.69 Å². The summed E-state index contributed by atoms with van der Waals surface area (Å²) in [7, 11) is 0. The van der Waals surface area contributed by atoms with E-state index in [9.17, 15) is 4.79 Å². The van der Waals surface area contributed by atoms with Crippen molar-refractivity contribution in [3.05, 3.63) is 47.2 Å². The van der Waals surface area contributed by atoms with Crippen molar-refractivity contribution in [2.45, 2.75) is 33.7 Å². The molecule has 112 valence electrons. The van der Waals surface area contributed by atoms with E-state index in [1.54, 1.807) is 6.20 Å². The van der Waals surface area contributed by atoms with Gasteiger partial charge in [-0.25, -0.2) is 4.98 Å². The molecule has 5 nitrogen and oxygen atoms in total. The zero-order valence-electron chi connectivity index (χ0n) is 12.9. The summed E-state index contributed by atoms with van der Waals surface area (Å²) in [6, 6.07) is 5.51. The first-order chi connectivity index (χ1) is 10.0. The number of oxazole rings is 1.